The van der Waals surface area contributed by atoms with Crippen molar-refractivity contribution in [2.45, 2.75) is 88.9 Å². The Bertz CT molecular complexity index is 811. The third-order valence-electron chi connectivity index (χ3n) is 6.97. The molecule has 0 saturated carbocycles. The Balaban J connectivity index is 1.74. The Labute approximate surface area is 204 Å². The average molecular weight is 503 g/mol. The molecule has 2 fully saturated rings. The highest BCUT2D eigenvalue weighted by Gasteiger charge is 2.53. The van der Waals surface area contributed by atoms with Crippen molar-refractivity contribution in [3.63, 3.8) is 0 Å². The number of rotatable bonds is 8. The van der Waals surface area contributed by atoms with Gasteiger partial charge in [-0.25, -0.2) is 0 Å². The molecule has 0 aromatic heterocycles. The van der Waals surface area contributed by atoms with Gasteiger partial charge < -0.3 is 49.6 Å². The number of hydrogen-bond acceptors (Lipinski definition) is 11. The highest BCUT2D eigenvalue weighted by atomic mass is 16.8. The second-order valence-electron chi connectivity index (χ2n) is 10.4. The standard InChI is InChI=1S/C24H38O11/c1-12-7-14(27)8-23(3,4)15(12)6-5-13(2)33-21-19(18(29)17(28)16(9-25)34-21)35-22-20(30)24(31,10-26)11-32-22/h5-7,13,15-22,25-26,28-31H,8-11H2,1-4H3/b6-5+/t13-,15-,16+,17+,18-,19+,20-,21+,22-,24+/m0/s1. The minimum absolute atomic E-state index is 0.00127. The van der Waals surface area contributed by atoms with Crippen LogP contribution in [0, 0.1) is 11.3 Å². The fourth-order valence-corrected chi connectivity index (χ4v) is 4.88. The molecule has 1 aliphatic carbocycles. The number of carbonyl (C=O) groups excluding carboxylic acids is 1. The van der Waals surface area contributed by atoms with Crippen LogP contribution >= 0.6 is 0 Å². The van der Waals surface area contributed by atoms with E-state index >= 15 is 0 Å². The predicted octanol–water partition coefficient (Wildman–Crippen LogP) is -1.23. The molecule has 200 valence electrons. The van der Waals surface area contributed by atoms with Crippen LogP contribution in [0.2, 0.25) is 0 Å². The number of carbonyl (C=O) groups is 1. The molecule has 0 amide bonds. The van der Waals surface area contributed by atoms with Gasteiger partial charge in [0.2, 0.25) is 0 Å². The molecule has 0 aromatic rings. The molecule has 2 heterocycles. The molecule has 0 bridgehead atoms. The zero-order valence-electron chi connectivity index (χ0n) is 20.5. The van der Waals surface area contributed by atoms with Crippen molar-refractivity contribution in [3.8, 4) is 0 Å². The van der Waals surface area contributed by atoms with Crippen LogP contribution in [-0.2, 0) is 23.7 Å². The second-order valence-corrected chi connectivity index (χ2v) is 10.4. The van der Waals surface area contributed by atoms with Gasteiger partial charge in [-0.05, 0) is 25.3 Å². The molecule has 35 heavy (non-hydrogen) atoms. The molecule has 3 rings (SSSR count). The fraction of sp³-hybridized carbons (Fsp3) is 0.792. The first-order valence-corrected chi connectivity index (χ1v) is 11.8. The van der Waals surface area contributed by atoms with Crippen molar-refractivity contribution in [2.75, 3.05) is 19.8 Å². The Kier molecular flexibility index (Phi) is 8.91. The molecule has 0 radical (unpaired) electrons. The van der Waals surface area contributed by atoms with E-state index in [1.165, 1.54) is 0 Å². The molecule has 11 nitrogen and oxygen atoms in total. The molecule has 6 N–H and O–H groups in total. The van der Waals surface area contributed by atoms with E-state index in [0.717, 1.165) is 5.57 Å². The van der Waals surface area contributed by atoms with Gasteiger partial charge in [-0.1, -0.05) is 31.6 Å². The van der Waals surface area contributed by atoms with E-state index in [1.54, 1.807) is 19.1 Å². The van der Waals surface area contributed by atoms with E-state index in [2.05, 4.69) is 0 Å². The molecule has 2 aliphatic heterocycles. The minimum atomic E-state index is -1.94. The minimum Gasteiger partial charge on any atom is -0.394 e. The molecular formula is C24H38O11. The van der Waals surface area contributed by atoms with Crippen molar-refractivity contribution in [2.24, 2.45) is 11.3 Å². The number of ketones is 1. The van der Waals surface area contributed by atoms with E-state index in [4.69, 9.17) is 18.9 Å². The van der Waals surface area contributed by atoms with Crippen LogP contribution in [0.3, 0.4) is 0 Å². The van der Waals surface area contributed by atoms with Gasteiger partial charge in [0.25, 0.3) is 0 Å². The normalized spacial score (nSPS) is 42.9. The van der Waals surface area contributed by atoms with Crippen LogP contribution in [0.15, 0.2) is 23.8 Å². The van der Waals surface area contributed by atoms with Crippen LogP contribution in [-0.4, -0.2) is 111 Å². The SMILES string of the molecule is CC1=CC(=O)CC(C)(C)[C@H]1/C=C/[C@H](C)O[C@@H]1O[C@H](CO)[C@@H](O)[C@H](O)[C@H]1O[C@@H]1OC[C@](O)(CO)[C@H]1O. The molecule has 2 saturated heterocycles. The molecular weight excluding hydrogens is 464 g/mol. The fourth-order valence-electron chi connectivity index (χ4n) is 4.88. The summed E-state index contributed by atoms with van der Waals surface area (Å²) in [5.74, 6) is 0.0884. The quantitative estimate of drug-likeness (QED) is 0.219. The van der Waals surface area contributed by atoms with E-state index < -0.39 is 74.6 Å². The first-order valence-electron chi connectivity index (χ1n) is 11.8. The number of aliphatic hydroxyl groups excluding tert-OH is 5. The van der Waals surface area contributed by atoms with Crippen molar-refractivity contribution >= 4 is 5.78 Å². The lowest BCUT2D eigenvalue weighted by Gasteiger charge is -2.43. The molecule has 11 heteroatoms. The van der Waals surface area contributed by atoms with Gasteiger partial charge in [0, 0.05) is 12.3 Å². The van der Waals surface area contributed by atoms with Crippen molar-refractivity contribution < 1.29 is 54.4 Å². The van der Waals surface area contributed by atoms with Crippen molar-refractivity contribution in [3.05, 3.63) is 23.8 Å². The summed E-state index contributed by atoms with van der Waals surface area (Å²) < 4.78 is 22.5. The van der Waals surface area contributed by atoms with Gasteiger partial charge in [-0.2, -0.15) is 0 Å². The highest BCUT2D eigenvalue weighted by molar-refractivity contribution is 5.92. The summed E-state index contributed by atoms with van der Waals surface area (Å²) >= 11 is 0. The summed E-state index contributed by atoms with van der Waals surface area (Å²) in [5, 5.41) is 60.4. The van der Waals surface area contributed by atoms with Crippen LogP contribution in [0.4, 0.5) is 0 Å². The van der Waals surface area contributed by atoms with Gasteiger partial charge in [-0.3, -0.25) is 4.79 Å². The van der Waals surface area contributed by atoms with E-state index in [0.29, 0.717) is 6.42 Å². The maximum Gasteiger partial charge on any atom is 0.187 e. The summed E-state index contributed by atoms with van der Waals surface area (Å²) in [6.07, 6.45) is -4.70. The summed E-state index contributed by atoms with van der Waals surface area (Å²) in [6.45, 7) is 5.89. The highest BCUT2D eigenvalue weighted by Crippen LogP contribution is 2.40. The smallest absolute Gasteiger partial charge is 0.187 e. The number of ether oxygens (including phenoxy) is 4. The lowest BCUT2D eigenvalue weighted by molar-refractivity contribution is -0.339. The Morgan fingerprint density at radius 1 is 1.20 bits per heavy atom. The molecule has 0 aromatic carbocycles. The molecule has 10 atom stereocenters. The largest absolute Gasteiger partial charge is 0.394 e. The summed E-state index contributed by atoms with van der Waals surface area (Å²) in [5.41, 5.74) is -1.28. The zero-order valence-corrected chi connectivity index (χ0v) is 20.5. The van der Waals surface area contributed by atoms with Crippen LogP contribution in [0.25, 0.3) is 0 Å². The summed E-state index contributed by atoms with van der Waals surface area (Å²) in [4.78, 5) is 11.9. The molecule has 0 spiro atoms. The average Bonchev–Trinajstić information content (AvgIpc) is 3.06. The molecule has 0 unspecified atom stereocenters. The summed E-state index contributed by atoms with van der Waals surface area (Å²) in [6, 6.07) is 0. The predicted molar refractivity (Wildman–Crippen MR) is 121 cm³/mol. The first kappa shape index (κ1) is 28.3. The van der Waals surface area contributed by atoms with Crippen molar-refractivity contribution in [1.29, 1.82) is 0 Å². The van der Waals surface area contributed by atoms with Gasteiger partial charge in [0.1, 0.15) is 36.1 Å². The number of aliphatic hydroxyl groups is 6. The Morgan fingerprint density at radius 3 is 2.46 bits per heavy atom. The second kappa shape index (κ2) is 11.0. The lowest BCUT2D eigenvalue weighted by atomic mass is 9.68. The van der Waals surface area contributed by atoms with Crippen LogP contribution < -0.4 is 0 Å². The van der Waals surface area contributed by atoms with E-state index in [-0.39, 0.29) is 17.1 Å². The molecule has 3 aliphatic rings. The van der Waals surface area contributed by atoms with Gasteiger partial charge >= 0.3 is 0 Å². The third-order valence-corrected chi connectivity index (χ3v) is 6.97. The van der Waals surface area contributed by atoms with Gasteiger partial charge in [-0.15, -0.1) is 0 Å². The number of allylic oxidation sites excluding steroid dienone is 3. The third kappa shape index (κ3) is 6.02. The van der Waals surface area contributed by atoms with Crippen LogP contribution in [0.5, 0.6) is 0 Å². The van der Waals surface area contributed by atoms with Gasteiger partial charge in [0.05, 0.1) is 25.9 Å². The van der Waals surface area contributed by atoms with E-state index in [1.807, 2.05) is 26.8 Å². The van der Waals surface area contributed by atoms with Crippen LogP contribution in [0.1, 0.15) is 34.1 Å². The Hall–Kier alpha value is -1.25. The number of hydrogen-bond donors (Lipinski definition) is 6. The summed E-state index contributed by atoms with van der Waals surface area (Å²) in [7, 11) is 0. The maximum absolute atomic E-state index is 11.9. The monoisotopic (exact) mass is 502 g/mol. The lowest BCUT2D eigenvalue weighted by Crippen LogP contribution is -2.61. The van der Waals surface area contributed by atoms with E-state index in [9.17, 15) is 35.4 Å². The maximum atomic E-state index is 11.9. The first-order chi connectivity index (χ1) is 16.3. The topological polar surface area (TPSA) is 175 Å². The van der Waals surface area contributed by atoms with Crippen molar-refractivity contribution in [1.82, 2.24) is 0 Å². The van der Waals surface area contributed by atoms with Gasteiger partial charge in [0.15, 0.2) is 18.4 Å². The zero-order chi connectivity index (χ0) is 26.1. The Morgan fingerprint density at radius 2 is 1.89 bits per heavy atom.